The third-order valence-electron chi connectivity index (χ3n) is 3.71. The molecule has 0 bridgehead atoms. The normalized spacial score (nSPS) is 11.0. The highest BCUT2D eigenvalue weighted by molar-refractivity contribution is 5.76. The van der Waals surface area contributed by atoms with Crippen molar-refractivity contribution in [2.45, 2.75) is 6.54 Å². The Kier molecular flexibility index (Phi) is 3.81. The number of aromatic nitrogens is 4. The molecule has 0 unspecified atom stereocenters. The first-order chi connectivity index (χ1) is 12.2. The van der Waals surface area contributed by atoms with Crippen LogP contribution in [0.25, 0.3) is 16.9 Å². The summed E-state index contributed by atoms with van der Waals surface area (Å²) in [7, 11) is 0. The van der Waals surface area contributed by atoms with E-state index in [0.717, 1.165) is 17.1 Å². The van der Waals surface area contributed by atoms with E-state index in [0.29, 0.717) is 17.3 Å². The van der Waals surface area contributed by atoms with Gasteiger partial charge in [-0.3, -0.25) is 4.57 Å². The Bertz CT molecular complexity index is 1020. The molecule has 7 heteroatoms. The minimum atomic E-state index is -0.614. The van der Waals surface area contributed by atoms with Gasteiger partial charge in [-0.15, -0.1) is 0 Å². The Morgan fingerprint density at radius 1 is 0.960 bits per heavy atom. The molecule has 0 atom stereocenters. The number of nitrogens with one attached hydrogen (secondary N) is 1. The number of halogens is 2. The zero-order chi connectivity index (χ0) is 17.2. The summed E-state index contributed by atoms with van der Waals surface area (Å²) in [5.74, 6) is -0.218. The summed E-state index contributed by atoms with van der Waals surface area (Å²) in [5.41, 5.74) is 2.27. The van der Waals surface area contributed by atoms with Gasteiger partial charge in [0.15, 0.2) is 0 Å². The number of para-hydroxylation sites is 2. The van der Waals surface area contributed by atoms with Gasteiger partial charge in [-0.05, 0) is 35.9 Å². The molecule has 1 N–H and O–H groups in total. The fourth-order valence-corrected chi connectivity index (χ4v) is 2.60. The second-order valence-electron chi connectivity index (χ2n) is 5.47. The van der Waals surface area contributed by atoms with Gasteiger partial charge in [0.05, 0.1) is 11.0 Å². The van der Waals surface area contributed by atoms with E-state index in [1.54, 1.807) is 18.6 Å². The van der Waals surface area contributed by atoms with Crippen molar-refractivity contribution in [1.82, 2.24) is 19.5 Å². The molecule has 0 saturated carbocycles. The summed E-state index contributed by atoms with van der Waals surface area (Å²) >= 11 is 0. The molecule has 0 aliphatic rings. The zero-order valence-electron chi connectivity index (χ0n) is 13.0. The molecule has 5 nitrogen and oxygen atoms in total. The number of anilines is 1. The number of fused-ring (bicyclic) bond motifs is 1. The predicted molar refractivity (Wildman–Crippen MR) is 90.3 cm³/mol. The van der Waals surface area contributed by atoms with Gasteiger partial charge in [0, 0.05) is 18.8 Å². The van der Waals surface area contributed by atoms with E-state index in [9.17, 15) is 8.78 Å². The highest BCUT2D eigenvalue weighted by Gasteiger charge is 2.07. The summed E-state index contributed by atoms with van der Waals surface area (Å²) in [6.45, 7) is 0.211. The highest BCUT2D eigenvalue weighted by atomic mass is 19.1. The summed E-state index contributed by atoms with van der Waals surface area (Å²) in [5, 5.41) is 2.98. The van der Waals surface area contributed by atoms with E-state index in [1.165, 1.54) is 12.1 Å². The average Bonchev–Trinajstić information content (AvgIpc) is 3.04. The van der Waals surface area contributed by atoms with Gasteiger partial charge >= 0.3 is 0 Å². The lowest BCUT2D eigenvalue weighted by Gasteiger charge is -2.08. The molecule has 124 valence electrons. The van der Waals surface area contributed by atoms with Crippen LogP contribution in [0.15, 0.2) is 61.1 Å². The number of nitrogens with zero attached hydrogens (tertiary/aromatic N) is 4. The van der Waals surface area contributed by atoms with Gasteiger partial charge in [0.1, 0.15) is 23.8 Å². The first-order valence-electron chi connectivity index (χ1n) is 7.63. The zero-order valence-corrected chi connectivity index (χ0v) is 13.0. The van der Waals surface area contributed by atoms with Crippen molar-refractivity contribution in [2.24, 2.45) is 0 Å². The molecule has 0 fully saturated rings. The number of hydrogen-bond donors (Lipinski definition) is 1. The van der Waals surface area contributed by atoms with Crippen LogP contribution in [-0.4, -0.2) is 19.5 Å². The van der Waals surface area contributed by atoms with Crippen LogP contribution in [0, 0.1) is 11.6 Å². The standard InChI is InChI=1S/C18H13F2N5/c19-13-7-12(8-14(20)9-13)10-22-18-21-6-5-17(24-18)25-11-23-15-3-1-2-4-16(15)25/h1-9,11H,10H2,(H,21,22,24). The van der Waals surface area contributed by atoms with Gasteiger partial charge in [-0.25, -0.2) is 18.7 Å². The van der Waals surface area contributed by atoms with Crippen molar-refractivity contribution in [3.05, 3.63) is 78.3 Å². The van der Waals surface area contributed by atoms with Gasteiger partial charge in [-0.2, -0.15) is 4.98 Å². The Labute approximate surface area is 142 Å². The molecule has 0 aliphatic heterocycles. The van der Waals surface area contributed by atoms with E-state index < -0.39 is 11.6 Å². The van der Waals surface area contributed by atoms with Gasteiger partial charge in [-0.1, -0.05) is 12.1 Å². The molecule has 0 radical (unpaired) electrons. The lowest BCUT2D eigenvalue weighted by atomic mass is 10.2. The molecule has 4 rings (SSSR count). The van der Waals surface area contributed by atoms with Crippen molar-refractivity contribution in [3.63, 3.8) is 0 Å². The number of benzene rings is 2. The third-order valence-corrected chi connectivity index (χ3v) is 3.71. The fraction of sp³-hybridized carbons (Fsp3) is 0.0556. The molecule has 2 aromatic carbocycles. The van der Waals surface area contributed by atoms with E-state index in [1.807, 2.05) is 28.8 Å². The number of hydrogen-bond acceptors (Lipinski definition) is 4. The topological polar surface area (TPSA) is 55.6 Å². The maximum absolute atomic E-state index is 13.2. The summed E-state index contributed by atoms with van der Waals surface area (Å²) in [6.07, 6.45) is 3.31. The molecular formula is C18H13F2N5. The van der Waals surface area contributed by atoms with Crippen LogP contribution >= 0.6 is 0 Å². The molecular weight excluding hydrogens is 324 g/mol. The van der Waals surface area contributed by atoms with Crippen molar-refractivity contribution < 1.29 is 8.78 Å². The minimum absolute atomic E-state index is 0.211. The number of rotatable bonds is 4. The van der Waals surface area contributed by atoms with E-state index in [-0.39, 0.29) is 6.54 Å². The lowest BCUT2D eigenvalue weighted by Crippen LogP contribution is -2.06. The van der Waals surface area contributed by atoms with Crippen molar-refractivity contribution in [1.29, 1.82) is 0 Å². The maximum atomic E-state index is 13.2. The number of imidazole rings is 1. The Morgan fingerprint density at radius 3 is 2.60 bits per heavy atom. The Morgan fingerprint density at radius 2 is 1.76 bits per heavy atom. The van der Waals surface area contributed by atoms with Crippen LogP contribution in [0.3, 0.4) is 0 Å². The summed E-state index contributed by atoms with van der Waals surface area (Å²) in [6, 6.07) is 12.9. The van der Waals surface area contributed by atoms with Gasteiger partial charge in [0.25, 0.3) is 0 Å². The summed E-state index contributed by atoms with van der Waals surface area (Å²) in [4.78, 5) is 12.9. The monoisotopic (exact) mass is 337 g/mol. The van der Waals surface area contributed by atoms with Crippen LogP contribution in [0.1, 0.15) is 5.56 Å². The Balaban J connectivity index is 1.59. The van der Waals surface area contributed by atoms with Crippen molar-refractivity contribution in [3.8, 4) is 5.82 Å². The van der Waals surface area contributed by atoms with Crippen LogP contribution in [0.5, 0.6) is 0 Å². The molecule has 0 amide bonds. The van der Waals surface area contributed by atoms with E-state index in [2.05, 4.69) is 20.3 Å². The van der Waals surface area contributed by atoms with Crippen LogP contribution in [-0.2, 0) is 6.54 Å². The van der Waals surface area contributed by atoms with E-state index in [4.69, 9.17) is 0 Å². The highest BCUT2D eigenvalue weighted by Crippen LogP contribution is 2.17. The largest absolute Gasteiger partial charge is 0.350 e. The first kappa shape index (κ1) is 15.2. The molecule has 2 aromatic heterocycles. The second kappa shape index (κ2) is 6.27. The minimum Gasteiger partial charge on any atom is -0.350 e. The fourth-order valence-electron chi connectivity index (χ4n) is 2.60. The SMILES string of the molecule is Fc1cc(F)cc(CNc2nccc(-n3cnc4ccccc43)n2)c1. The third kappa shape index (κ3) is 3.16. The molecule has 0 aliphatic carbocycles. The van der Waals surface area contributed by atoms with Crippen LogP contribution in [0.2, 0.25) is 0 Å². The van der Waals surface area contributed by atoms with Crippen LogP contribution in [0.4, 0.5) is 14.7 Å². The smallest absolute Gasteiger partial charge is 0.224 e. The average molecular weight is 337 g/mol. The second-order valence-corrected chi connectivity index (χ2v) is 5.47. The lowest BCUT2D eigenvalue weighted by molar-refractivity contribution is 0.580. The molecule has 0 spiro atoms. The molecule has 25 heavy (non-hydrogen) atoms. The predicted octanol–water partition coefficient (Wildman–Crippen LogP) is 3.71. The molecule has 2 heterocycles. The van der Waals surface area contributed by atoms with Crippen LogP contribution < -0.4 is 5.32 Å². The molecule has 0 saturated heterocycles. The van der Waals surface area contributed by atoms with Gasteiger partial charge in [0.2, 0.25) is 5.95 Å². The van der Waals surface area contributed by atoms with Gasteiger partial charge < -0.3 is 5.32 Å². The first-order valence-corrected chi connectivity index (χ1v) is 7.63. The molecule has 4 aromatic rings. The van der Waals surface area contributed by atoms with Crippen molar-refractivity contribution >= 4 is 17.0 Å². The summed E-state index contributed by atoms with van der Waals surface area (Å²) < 4.78 is 28.3. The maximum Gasteiger partial charge on any atom is 0.224 e. The van der Waals surface area contributed by atoms with Crippen molar-refractivity contribution in [2.75, 3.05) is 5.32 Å². The van der Waals surface area contributed by atoms with E-state index >= 15 is 0 Å². The Hall–Kier alpha value is -3.35. The quantitative estimate of drug-likeness (QED) is 0.617.